The van der Waals surface area contributed by atoms with Crippen molar-refractivity contribution in [1.82, 2.24) is 41.5 Å². The maximum absolute atomic E-state index is 14.4. The number of carbonyl (C=O) groups is 2. The lowest BCUT2D eigenvalue weighted by atomic mass is 9.45. The number of hydrazine groups is 2. The van der Waals surface area contributed by atoms with Crippen molar-refractivity contribution in [2.75, 3.05) is 73.7 Å². The Bertz CT molecular complexity index is 1370. The summed E-state index contributed by atoms with van der Waals surface area (Å²) in [7, 11) is 6.04. The number of amides is 2. The molecule has 0 spiro atoms. The quantitative estimate of drug-likeness (QED) is 0.106. The predicted octanol–water partition coefficient (Wildman–Crippen LogP) is 1.44. The lowest BCUT2D eigenvalue weighted by Gasteiger charge is -2.62. The number of hydrogen-bond acceptors (Lipinski definition) is 13. The van der Waals surface area contributed by atoms with E-state index in [2.05, 4.69) is 85.1 Å². The van der Waals surface area contributed by atoms with E-state index in [0.29, 0.717) is 42.8 Å². The van der Waals surface area contributed by atoms with Gasteiger partial charge in [-0.15, -0.1) is 0 Å². The Morgan fingerprint density at radius 1 is 1.03 bits per heavy atom. The number of carbonyl (C=O) groups excluding carboxylic acids is 2. The number of hydrogen-bond donors (Lipinski definition) is 7. The van der Waals surface area contributed by atoms with Crippen LogP contribution in [0.15, 0.2) is 0 Å². The fourth-order valence-electron chi connectivity index (χ4n) is 12.7. The van der Waals surface area contributed by atoms with Gasteiger partial charge in [-0.3, -0.25) is 14.4 Å². The normalized spacial score (nSPS) is 39.9. The summed E-state index contributed by atoms with van der Waals surface area (Å²) in [6.45, 7) is 17.0. The smallest absolute Gasteiger partial charge is 0.240 e. The molecule has 2 saturated heterocycles. The van der Waals surface area contributed by atoms with Gasteiger partial charge < -0.3 is 40.5 Å². The highest BCUT2D eigenvalue weighted by molar-refractivity contribution is 5.83. The van der Waals surface area contributed by atoms with Gasteiger partial charge in [0.05, 0.1) is 37.5 Å². The fraction of sp³-hybridized carbons (Fsp3) is 0.955. The van der Waals surface area contributed by atoms with Gasteiger partial charge >= 0.3 is 0 Å². The number of methoxy groups -OCH3 is 1. The van der Waals surface area contributed by atoms with Crippen LogP contribution in [0.25, 0.3) is 0 Å². The monoisotopic (exact) mass is 835 g/mol. The van der Waals surface area contributed by atoms with Crippen molar-refractivity contribution in [2.24, 2.45) is 52.8 Å². The molecule has 2 heterocycles. The zero-order valence-electron chi connectivity index (χ0n) is 37.8. The van der Waals surface area contributed by atoms with Gasteiger partial charge in [-0.25, -0.2) is 10.4 Å². The van der Waals surface area contributed by atoms with Crippen LogP contribution in [0.4, 0.5) is 0 Å². The molecule has 16 atom stereocenters. The van der Waals surface area contributed by atoms with Crippen LogP contribution in [0.3, 0.4) is 0 Å². The zero-order chi connectivity index (χ0) is 42.8. The fourth-order valence-corrected chi connectivity index (χ4v) is 12.7. The summed E-state index contributed by atoms with van der Waals surface area (Å²) in [6.07, 6.45) is 6.09. The second kappa shape index (κ2) is 20.3. The minimum absolute atomic E-state index is 0.0438. The van der Waals surface area contributed by atoms with Gasteiger partial charge in [0.2, 0.25) is 11.8 Å². The summed E-state index contributed by atoms with van der Waals surface area (Å²) < 4.78 is 6.45. The molecule has 7 rings (SSSR count). The zero-order valence-corrected chi connectivity index (χ0v) is 37.8. The van der Waals surface area contributed by atoms with Crippen LogP contribution in [0.2, 0.25) is 0 Å². The lowest BCUT2D eigenvalue weighted by Crippen LogP contribution is -2.62. The minimum atomic E-state index is -0.845. The van der Waals surface area contributed by atoms with E-state index in [1.807, 2.05) is 0 Å². The number of aliphatic hydroxyl groups excluding tert-OH is 3. The molecule has 5 aliphatic carbocycles. The number of nitrogens with zero attached hydrogens (tertiary/aromatic N) is 4. The second-order valence-corrected chi connectivity index (χ2v) is 20.3. The lowest BCUT2D eigenvalue weighted by molar-refractivity contribution is -0.193. The van der Waals surface area contributed by atoms with Crippen LogP contribution in [0.1, 0.15) is 92.9 Å². The summed E-state index contributed by atoms with van der Waals surface area (Å²) in [5, 5.41) is 42.0. The number of aliphatic hydroxyl groups is 3. The van der Waals surface area contributed by atoms with Crippen molar-refractivity contribution in [3.8, 4) is 0 Å². The topological polar surface area (TPSA) is 174 Å². The summed E-state index contributed by atoms with van der Waals surface area (Å²) in [4.78, 5) is 39.8. The highest BCUT2D eigenvalue weighted by Gasteiger charge is 2.58. The third-order valence-corrected chi connectivity index (χ3v) is 16.4. The first-order valence-electron chi connectivity index (χ1n) is 23.2. The van der Waals surface area contributed by atoms with Crippen LogP contribution in [0, 0.1) is 52.8 Å². The van der Waals surface area contributed by atoms with Gasteiger partial charge in [0.15, 0.2) is 0 Å². The Kier molecular flexibility index (Phi) is 16.2. The van der Waals surface area contributed by atoms with Crippen molar-refractivity contribution in [2.45, 2.75) is 141 Å². The molecule has 59 heavy (non-hydrogen) atoms. The molecule has 15 nitrogen and oxygen atoms in total. The molecule has 0 radical (unpaired) electrons. The third-order valence-electron chi connectivity index (χ3n) is 16.4. The van der Waals surface area contributed by atoms with Crippen LogP contribution in [-0.4, -0.2) is 169 Å². The van der Waals surface area contributed by atoms with E-state index >= 15 is 0 Å². The molecule has 340 valence electrons. The molecular weight excluding hydrogens is 753 g/mol. The molecule has 0 aromatic heterocycles. The SMILES string of the molecule is CCN(CC)C[C@H](CN1CC(CO)NN1)NC(=O)C1CC(C2CCCC(CN3O[C@@H](CO)[C@@H]([C@H](C)O)[C@H]3C(=O)N[C@H]3C[C@H]4C[C@@H]([C@@H]3C)C4(C)C)C2OC)CC(N(C)C)C1. The van der Waals surface area contributed by atoms with Gasteiger partial charge in [0.25, 0.3) is 0 Å². The number of rotatable bonds is 18. The largest absolute Gasteiger partial charge is 0.395 e. The van der Waals surface area contributed by atoms with E-state index in [1.54, 1.807) is 19.1 Å². The highest BCUT2D eigenvalue weighted by Crippen LogP contribution is 2.61. The molecule has 0 aromatic rings. The van der Waals surface area contributed by atoms with E-state index in [0.717, 1.165) is 64.6 Å². The predicted molar refractivity (Wildman–Crippen MR) is 227 cm³/mol. The molecule has 0 aromatic carbocycles. The van der Waals surface area contributed by atoms with Crippen LogP contribution in [-0.2, 0) is 19.2 Å². The first-order valence-corrected chi connectivity index (χ1v) is 23.2. The van der Waals surface area contributed by atoms with Gasteiger partial charge in [0.1, 0.15) is 12.1 Å². The van der Waals surface area contributed by atoms with E-state index in [1.165, 1.54) is 6.42 Å². The number of likely N-dealkylation sites (N-methyl/N-ethyl adjacent to an activating group) is 1. The van der Waals surface area contributed by atoms with Gasteiger partial charge in [0, 0.05) is 63.1 Å². The molecule has 7 unspecified atom stereocenters. The second-order valence-electron chi connectivity index (χ2n) is 20.3. The van der Waals surface area contributed by atoms with E-state index in [9.17, 15) is 24.9 Å². The van der Waals surface area contributed by atoms with Crippen LogP contribution in [0.5, 0.6) is 0 Å². The molecule has 5 saturated carbocycles. The molecular formula is C44H82N8O7. The van der Waals surface area contributed by atoms with Crippen molar-refractivity contribution in [1.29, 1.82) is 0 Å². The maximum atomic E-state index is 14.4. The van der Waals surface area contributed by atoms with Crippen molar-refractivity contribution in [3.63, 3.8) is 0 Å². The Hall–Kier alpha value is -1.50. The average Bonchev–Trinajstić information content (AvgIpc) is 3.84. The first-order chi connectivity index (χ1) is 28.1. The summed E-state index contributed by atoms with van der Waals surface area (Å²) >= 11 is 0. The van der Waals surface area contributed by atoms with Crippen molar-refractivity contribution in [3.05, 3.63) is 0 Å². The van der Waals surface area contributed by atoms with E-state index in [-0.39, 0.29) is 79.0 Å². The average molecular weight is 835 g/mol. The summed E-state index contributed by atoms with van der Waals surface area (Å²) in [5.74, 6) is 1.39. The number of hydroxylamine groups is 2. The van der Waals surface area contributed by atoms with Gasteiger partial charge in [-0.05, 0) is 114 Å². The van der Waals surface area contributed by atoms with Crippen molar-refractivity contribution < 1.29 is 34.5 Å². The number of fused-ring (bicyclic) bond motifs is 2. The molecule has 2 amide bonds. The highest BCUT2D eigenvalue weighted by atomic mass is 16.7. The maximum Gasteiger partial charge on any atom is 0.240 e. The summed E-state index contributed by atoms with van der Waals surface area (Å²) in [5.41, 5.74) is 6.62. The Balaban J connectivity index is 1.16. The van der Waals surface area contributed by atoms with Crippen LogP contribution < -0.4 is 21.6 Å². The van der Waals surface area contributed by atoms with Crippen LogP contribution >= 0.6 is 0 Å². The van der Waals surface area contributed by atoms with Gasteiger partial charge in [-0.2, -0.15) is 10.6 Å². The van der Waals surface area contributed by atoms with E-state index < -0.39 is 24.2 Å². The Morgan fingerprint density at radius 3 is 2.37 bits per heavy atom. The third kappa shape index (κ3) is 10.3. The Morgan fingerprint density at radius 2 is 1.78 bits per heavy atom. The van der Waals surface area contributed by atoms with Gasteiger partial charge in [-0.1, -0.05) is 41.0 Å². The first kappa shape index (κ1) is 47.0. The van der Waals surface area contributed by atoms with Crippen molar-refractivity contribution >= 4 is 11.8 Å². The Labute approximate surface area is 354 Å². The molecule has 7 aliphatic rings. The molecule has 15 heteroatoms. The molecule has 7 N–H and O–H groups in total. The number of ether oxygens (including phenoxy) is 1. The standard InChI is InChI=1S/C44H82N8O7/c1-10-50(11-2)21-32(22-51-23-33(24-53)47-48-51)45-42(56)30-15-29(16-34(17-30)49(7)8)35-14-12-13-28(41(35)58-9)20-52-40(39(27(4)55)38(25-54)59-52)43(57)46-37-19-31-18-36(26(37)3)44(31,5)6/h26-41,47-48,53-55H,10-25H2,1-9H3,(H,45,56)(H,46,57)/t26-,27-,28?,29?,30?,31+,32+,33?,34?,35?,36-,37-,38-,39+,40-,41?/m0/s1. The molecule has 2 bridgehead atoms. The number of nitrogens with one attached hydrogen (secondary N) is 4. The van der Waals surface area contributed by atoms with E-state index in [4.69, 9.17) is 9.57 Å². The minimum Gasteiger partial charge on any atom is -0.395 e. The molecule has 7 fully saturated rings. The summed E-state index contributed by atoms with van der Waals surface area (Å²) in [6, 6.07) is -0.530. The molecule has 2 aliphatic heterocycles.